The Kier molecular flexibility index (Phi) is 5.85. The van der Waals surface area contributed by atoms with Gasteiger partial charge in [-0.3, -0.25) is 9.59 Å². The molecule has 2 aliphatic rings. The summed E-state index contributed by atoms with van der Waals surface area (Å²) in [6.45, 7) is 2.76. The number of piperazine rings is 1. The lowest BCUT2D eigenvalue weighted by Gasteiger charge is -2.36. The van der Waals surface area contributed by atoms with Crippen molar-refractivity contribution in [2.75, 3.05) is 43.0 Å². The van der Waals surface area contributed by atoms with E-state index in [0.29, 0.717) is 29.7 Å². The number of rotatable bonds is 6. The van der Waals surface area contributed by atoms with Crippen LogP contribution in [0, 0.1) is 5.92 Å². The third-order valence-electron chi connectivity index (χ3n) is 5.12. The van der Waals surface area contributed by atoms with Crippen molar-refractivity contribution in [3.63, 3.8) is 0 Å². The Morgan fingerprint density at radius 3 is 2.41 bits per heavy atom. The maximum atomic E-state index is 12.4. The number of benzene rings is 1. The smallest absolute Gasteiger partial charge is 0.260 e. The van der Waals surface area contributed by atoms with E-state index in [0.717, 1.165) is 31.6 Å². The first kappa shape index (κ1) is 19.5. The Balaban J connectivity index is 1.21. The lowest BCUT2D eigenvalue weighted by atomic mass is 10.2. The molecule has 4 rings (SSSR count). The SMILES string of the molecule is O=C(Nc1ccc(OCC(=O)N2CCN(c3ccc(Cl)cc3)CC2)nc1)C1CC1. The van der Waals surface area contributed by atoms with Gasteiger partial charge in [0.2, 0.25) is 11.8 Å². The van der Waals surface area contributed by atoms with E-state index >= 15 is 0 Å². The van der Waals surface area contributed by atoms with E-state index in [1.807, 2.05) is 24.3 Å². The summed E-state index contributed by atoms with van der Waals surface area (Å²) in [4.78, 5) is 32.4. The molecule has 1 aliphatic heterocycles. The molecular formula is C21H23ClN4O3. The molecule has 1 saturated heterocycles. The molecule has 2 aromatic rings. The Labute approximate surface area is 174 Å². The fraction of sp³-hybridized carbons (Fsp3) is 0.381. The van der Waals surface area contributed by atoms with Gasteiger partial charge in [0, 0.05) is 48.9 Å². The van der Waals surface area contributed by atoms with Crippen LogP contribution < -0.4 is 15.0 Å². The molecule has 29 heavy (non-hydrogen) atoms. The first-order valence-corrected chi connectivity index (χ1v) is 10.1. The van der Waals surface area contributed by atoms with E-state index in [4.69, 9.17) is 16.3 Å². The molecule has 0 spiro atoms. The molecule has 2 amide bonds. The van der Waals surface area contributed by atoms with Gasteiger partial charge in [0.15, 0.2) is 6.61 Å². The first-order valence-electron chi connectivity index (χ1n) is 9.76. The molecule has 0 unspecified atom stereocenters. The number of nitrogens with zero attached hydrogens (tertiary/aromatic N) is 3. The van der Waals surface area contributed by atoms with Gasteiger partial charge in [0.1, 0.15) is 0 Å². The molecule has 2 heterocycles. The average molecular weight is 415 g/mol. The number of anilines is 2. The highest BCUT2D eigenvalue weighted by Crippen LogP contribution is 2.30. The third-order valence-corrected chi connectivity index (χ3v) is 5.37. The van der Waals surface area contributed by atoms with Gasteiger partial charge in [0.25, 0.3) is 5.91 Å². The highest BCUT2D eigenvalue weighted by Gasteiger charge is 2.29. The minimum atomic E-state index is -0.0614. The number of amides is 2. The van der Waals surface area contributed by atoms with Crippen molar-refractivity contribution in [1.82, 2.24) is 9.88 Å². The number of ether oxygens (including phenoxy) is 1. The number of hydrogen-bond acceptors (Lipinski definition) is 5. The van der Waals surface area contributed by atoms with Crippen LogP contribution in [0.1, 0.15) is 12.8 Å². The standard InChI is InChI=1S/C21H23ClN4O3/c22-16-3-6-18(7-4-16)25-9-11-26(12-10-25)20(27)14-29-19-8-5-17(13-23-19)24-21(28)15-1-2-15/h3-8,13,15H,1-2,9-12,14H2,(H,24,28). The quantitative estimate of drug-likeness (QED) is 0.786. The molecule has 0 bridgehead atoms. The second-order valence-corrected chi connectivity index (χ2v) is 7.72. The van der Waals surface area contributed by atoms with Crippen LogP contribution in [0.4, 0.5) is 11.4 Å². The van der Waals surface area contributed by atoms with Crippen molar-refractivity contribution in [3.05, 3.63) is 47.6 Å². The summed E-state index contributed by atoms with van der Waals surface area (Å²) in [5.74, 6) is 0.480. The van der Waals surface area contributed by atoms with Crippen LogP contribution in [0.2, 0.25) is 5.02 Å². The summed E-state index contributed by atoms with van der Waals surface area (Å²) in [6, 6.07) is 11.1. The Bertz CT molecular complexity index is 860. The van der Waals surface area contributed by atoms with Crippen molar-refractivity contribution in [2.45, 2.75) is 12.8 Å². The van der Waals surface area contributed by atoms with Gasteiger partial charge in [-0.05, 0) is 43.2 Å². The highest BCUT2D eigenvalue weighted by molar-refractivity contribution is 6.30. The van der Waals surface area contributed by atoms with Crippen molar-refractivity contribution < 1.29 is 14.3 Å². The maximum Gasteiger partial charge on any atom is 0.260 e. The van der Waals surface area contributed by atoms with Gasteiger partial charge < -0.3 is 19.9 Å². The Morgan fingerprint density at radius 2 is 1.79 bits per heavy atom. The van der Waals surface area contributed by atoms with Crippen LogP contribution in [0.5, 0.6) is 5.88 Å². The van der Waals surface area contributed by atoms with E-state index in [1.54, 1.807) is 23.2 Å². The molecule has 1 aromatic carbocycles. The van der Waals surface area contributed by atoms with Gasteiger partial charge in [-0.2, -0.15) is 0 Å². The Morgan fingerprint density at radius 1 is 1.07 bits per heavy atom. The van der Waals surface area contributed by atoms with Crippen molar-refractivity contribution in [3.8, 4) is 5.88 Å². The summed E-state index contributed by atoms with van der Waals surface area (Å²) < 4.78 is 5.52. The van der Waals surface area contributed by atoms with Gasteiger partial charge in [-0.25, -0.2) is 4.98 Å². The zero-order chi connectivity index (χ0) is 20.2. The lowest BCUT2D eigenvalue weighted by Crippen LogP contribution is -2.50. The van der Waals surface area contributed by atoms with Crippen LogP contribution in [-0.4, -0.2) is 54.5 Å². The predicted octanol–water partition coefficient (Wildman–Crippen LogP) is 2.81. The minimum absolute atomic E-state index is 0.0355. The van der Waals surface area contributed by atoms with E-state index in [9.17, 15) is 9.59 Å². The van der Waals surface area contributed by atoms with E-state index < -0.39 is 0 Å². The molecule has 1 aliphatic carbocycles. The first-order chi connectivity index (χ1) is 14.1. The predicted molar refractivity (Wildman–Crippen MR) is 111 cm³/mol. The second-order valence-electron chi connectivity index (χ2n) is 7.28. The summed E-state index contributed by atoms with van der Waals surface area (Å²) in [5.41, 5.74) is 1.75. The number of nitrogens with one attached hydrogen (secondary N) is 1. The molecule has 2 fully saturated rings. The highest BCUT2D eigenvalue weighted by atomic mass is 35.5. The fourth-order valence-corrected chi connectivity index (χ4v) is 3.35. The fourth-order valence-electron chi connectivity index (χ4n) is 3.22. The maximum absolute atomic E-state index is 12.4. The number of aromatic nitrogens is 1. The zero-order valence-corrected chi connectivity index (χ0v) is 16.8. The monoisotopic (exact) mass is 414 g/mol. The van der Waals surface area contributed by atoms with Crippen LogP contribution >= 0.6 is 11.6 Å². The van der Waals surface area contributed by atoms with Crippen LogP contribution in [0.15, 0.2) is 42.6 Å². The van der Waals surface area contributed by atoms with Crippen LogP contribution in [-0.2, 0) is 9.59 Å². The average Bonchev–Trinajstić information content (AvgIpc) is 3.59. The number of hydrogen-bond donors (Lipinski definition) is 1. The van der Waals surface area contributed by atoms with Crippen LogP contribution in [0.3, 0.4) is 0 Å². The largest absolute Gasteiger partial charge is 0.468 e. The number of pyridine rings is 1. The van der Waals surface area contributed by atoms with E-state index in [2.05, 4.69) is 15.2 Å². The summed E-state index contributed by atoms with van der Waals surface area (Å²) >= 11 is 5.94. The van der Waals surface area contributed by atoms with Crippen LogP contribution in [0.25, 0.3) is 0 Å². The third kappa shape index (κ3) is 5.17. The number of halogens is 1. The minimum Gasteiger partial charge on any atom is -0.468 e. The van der Waals surface area contributed by atoms with Gasteiger partial charge in [0.05, 0.1) is 11.9 Å². The topological polar surface area (TPSA) is 74.8 Å². The molecule has 7 nitrogen and oxygen atoms in total. The van der Waals surface area contributed by atoms with Gasteiger partial charge >= 0.3 is 0 Å². The van der Waals surface area contributed by atoms with Crippen molar-refractivity contribution in [1.29, 1.82) is 0 Å². The normalized spacial score (nSPS) is 16.4. The molecule has 152 valence electrons. The number of carbonyl (C=O) groups excluding carboxylic acids is 2. The molecule has 8 heteroatoms. The Hall–Kier alpha value is -2.80. The molecule has 1 N–H and O–H groups in total. The van der Waals surface area contributed by atoms with Gasteiger partial charge in [-0.1, -0.05) is 11.6 Å². The zero-order valence-electron chi connectivity index (χ0n) is 16.0. The van der Waals surface area contributed by atoms with E-state index in [1.165, 1.54) is 0 Å². The summed E-state index contributed by atoms with van der Waals surface area (Å²) in [5, 5.41) is 3.54. The second kappa shape index (κ2) is 8.69. The molecular weight excluding hydrogens is 392 g/mol. The van der Waals surface area contributed by atoms with Crippen molar-refractivity contribution in [2.24, 2.45) is 5.92 Å². The molecule has 0 radical (unpaired) electrons. The lowest BCUT2D eigenvalue weighted by molar-refractivity contribution is -0.133. The van der Waals surface area contributed by atoms with E-state index in [-0.39, 0.29) is 24.3 Å². The summed E-state index contributed by atoms with van der Waals surface area (Å²) in [6.07, 6.45) is 3.46. The molecule has 0 atom stereocenters. The molecule has 1 aromatic heterocycles. The van der Waals surface area contributed by atoms with Crippen molar-refractivity contribution >= 4 is 34.8 Å². The van der Waals surface area contributed by atoms with Gasteiger partial charge in [-0.15, -0.1) is 0 Å². The molecule has 1 saturated carbocycles. The number of carbonyl (C=O) groups is 2. The summed E-state index contributed by atoms with van der Waals surface area (Å²) in [7, 11) is 0.